The van der Waals surface area contributed by atoms with E-state index in [0.717, 1.165) is 33.1 Å². The summed E-state index contributed by atoms with van der Waals surface area (Å²) in [5, 5.41) is 2.09. The van der Waals surface area contributed by atoms with Gasteiger partial charge >= 0.3 is 0 Å². The molecule has 0 bridgehead atoms. The monoisotopic (exact) mass is 322 g/mol. The molecule has 2 aromatic carbocycles. The standard InChI is InChI=1S/C18H14N2O2S/c1-23(21,22)13-6-2-5-12(11-13)14-7-3-9-16-17(14)15-8-4-10-19-18(15)20-16/h2-11H,1H3,(H,19,20). The van der Waals surface area contributed by atoms with Gasteiger partial charge in [-0.3, -0.25) is 0 Å². The van der Waals surface area contributed by atoms with Crippen LogP contribution in [0.2, 0.25) is 0 Å². The lowest BCUT2D eigenvalue weighted by Crippen LogP contribution is -1.96. The lowest BCUT2D eigenvalue weighted by atomic mass is 10.00. The number of aromatic nitrogens is 2. The van der Waals surface area contributed by atoms with Gasteiger partial charge < -0.3 is 4.98 Å². The number of rotatable bonds is 2. The van der Waals surface area contributed by atoms with E-state index >= 15 is 0 Å². The van der Waals surface area contributed by atoms with Gasteiger partial charge in [-0.15, -0.1) is 0 Å². The summed E-state index contributed by atoms with van der Waals surface area (Å²) >= 11 is 0. The average molecular weight is 322 g/mol. The lowest BCUT2D eigenvalue weighted by Gasteiger charge is -2.06. The number of sulfone groups is 1. The normalized spacial score (nSPS) is 12.0. The van der Waals surface area contributed by atoms with Crippen molar-refractivity contribution in [2.45, 2.75) is 4.90 Å². The van der Waals surface area contributed by atoms with Crippen molar-refractivity contribution in [2.24, 2.45) is 0 Å². The molecule has 4 nitrogen and oxygen atoms in total. The van der Waals surface area contributed by atoms with E-state index < -0.39 is 9.84 Å². The van der Waals surface area contributed by atoms with E-state index in [2.05, 4.69) is 9.97 Å². The maximum atomic E-state index is 11.8. The van der Waals surface area contributed by atoms with Crippen molar-refractivity contribution in [2.75, 3.05) is 6.26 Å². The molecule has 2 heterocycles. The van der Waals surface area contributed by atoms with E-state index in [9.17, 15) is 8.42 Å². The predicted molar refractivity (Wildman–Crippen MR) is 92.1 cm³/mol. The summed E-state index contributed by atoms with van der Waals surface area (Å²) < 4.78 is 23.7. The highest BCUT2D eigenvalue weighted by Crippen LogP contribution is 2.34. The summed E-state index contributed by atoms with van der Waals surface area (Å²) in [6, 6.07) is 16.9. The second-order valence-electron chi connectivity index (χ2n) is 5.55. The Balaban J connectivity index is 2.07. The van der Waals surface area contributed by atoms with Crippen LogP contribution >= 0.6 is 0 Å². The minimum absolute atomic E-state index is 0.324. The van der Waals surface area contributed by atoms with E-state index in [4.69, 9.17) is 0 Å². The molecular formula is C18H14N2O2S. The van der Waals surface area contributed by atoms with Gasteiger partial charge in [0.15, 0.2) is 9.84 Å². The van der Waals surface area contributed by atoms with E-state index in [-0.39, 0.29) is 0 Å². The van der Waals surface area contributed by atoms with Gasteiger partial charge in [0.1, 0.15) is 5.65 Å². The first-order valence-electron chi connectivity index (χ1n) is 7.20. The predicted octanol–water partition coefficient (Wildman–Crippen LogP) is 3.79. The van der Waals surface area contributed by atoms with Crippen LogP contribution in [0.1, 0.15) is 0 Å². The molecule has 0 aliphatic heterocycles. The van der Waals surface area contributed by atoms with Crippen molar-refractivity contribution in [1.29, 1.82) is 0 Å². The molecule has 0 spiro atoms. The zero-order valence-electron chi connectivity index (χ0n) is 12.4. The molecule has 0 aliphatic rings. The Kier molecular flexibility index (Phi) is 2.99. The van der Waals surface area contributed by atoms with Crippen molar-refractivity contribution in [1.82, 2.24) is 9.97 Å². The highest BCUT2D eigenvalue weighted by atomic mass is 32.2. The van der Waals surface area contributed by atoms with Gasteiger partial charge in [-0.05, 0) is 41.5 Å². The quantitative estimate of drug-likeness (QED) is 0.611. The van der Waals surface area contributed by atoms with E-state index in [1.54, 1.807) is 24.4 Å². The Morgan fingerprint density at radius 1 is 1.00 bits per heavy atom. The molecule has 0 unspecified atom stereocenters. The third kappa shape index (κ3) is 2.29. The highest BCUT2D eigenvalue weighted by molar-refractivity contribution is 7.90. The van der Waals surface area contributed by atoms with Gasteiger partial charge in [0.2, 0.25) is 0 Å². The largest absolute Gasteiger partial charge is 0.339 e. The van der Waals surface area contributed by atoms with E-state index in [0.29, 0.717) is 4.90 Å². The highest BCUT2D eigenvalue weighted by Gasteiger charge is 2.13. The fourth-order valence-corrected chi connectivity index (χ4v) is 3.58. The maximum Gasteiger partial charge on any atom is 0.175 e. The van der Waals surface area contributed by atoms with Crippen molar-refractivity contribution in [3.63, 3.8) is 0 Å². The first-order valence-corrected chi connectivity index (χ1v) is 9.09. The number of pyridine rings is 1. The van der Waals surface area contributed by atoms with E-state index in [1.165, 1.54) is 6.26 Å². The summed E-state index contributed by atoms with van der Waals surface area (Å²) in [6.45, 7) is 0. The van der Waals surface area contributed by atoms with Crippen LogP contribution in [0.15, 0.2) is 65.7 Å². The first-order chi connectivity index (χ1) is 11.0. The van der Waals surface area contributed by atoms with Crippen LogP contribution in [0.4, 0.5) is 0 Å². The SMILES string of the molecule is CS(=O)(=O)c1cccc(-c2cccc3[nH]c4ncccc4c23)c1. The molecule has 4 rings (SSSR count). The molecule has 0 fully saturated rings. The molecule has 5 heteroatoms. The molecule has 2 aromatic heterocycles. The molecule has 114 valence electrons. The van der Waals surface area contributed by atoms with E-state index in [1.807, 2.05) is 36.4 Å². The van der Waals surface area contributed by atoms with Crippen LogP contribution in [-0.4, -0.2) is 24.6 Å². The molecule has 0 amide bonds. The fourth-order valence-electron chi connectivity index (χ4n) is 2.92. The summed E-state index contributed by atoms with van der Waals surface area (Å²) in [5.74, 6) is 0. The molecule has 4 aromatic rings. The number of aromatic amines is 1. The van der Waals surface area contributed by atoms with Gasteiger partial charge in [-0.25, -0.2) is 13.4 Å². The van der Waals surface area contributed by atoms with Crippen molar-refractivity contribution in [3.8, 4) is 11.1 Å². The fraction of sp³-hybridized carbons (Fsp3) is 0.0556. The van der Waals surface area contributed by atoms with Crippen LogP contribution in [0.5, 0.6) is 0 Å². The maximum absolute atomic E-state index is 11.8. The first kappa shape index (κ1) is 14.0. The van der Waals surface area contributed by atoms with Gasteiger partial charge in [0.05, 0.1) is 4.90 Å². The minimum atomic E-state index is -3.24. The number of fused-ring (bicyclic) bond motifs is 3. The molecule has 0 atom stereocenters. The minimum Gasteiger partial charge on any atom is -0.339 e. The van der Waals surface area contributed by atoms with Crippen molar-refractivity contribution >= 4 is 31.8 Å². The van der Waals surface area contributed by atoms with Crippen molar-refractivity contribution < 1.29 is 8.42 Å². The van der Waals surface area contributed by atoms with Crippen LogP contribution in [-0.2, 0) is 9.84 Å². The number of benzene rings is 2. The second-order valence-corrected chi connectivity index (χ2v) is 7.57. The summed E-state index contributed by atoms with van der Waals surface area (Å²) in [7, 11) is -3.24. The van der Waals surface area contributed by atoms with Gasteiger partial charge in [-0.1, -0.05) is 24.3 Å². The number of hydrogen-bond donors (Lipinski definition) is 1. The zero-order chi connectivity index (χ0) is 16.0. The van der Waals surface area contributed by atoms with Crippen LogP contribution in [0, 0.1) is 0 Å². The van der Waals surface area contributed by atoms with Crippen molar-refractivity contribution in [3.05, 3.63) is 60.8 Å². The Hall–Kier alpha value is -2.66. The van der Waals surface area contributed by atoms with Crippen LogP contribution in [0.3, 0.4) is 0 Å². The van der Waals surface area contributed by atoms with Crippen LogP contribution < -0.4 is 0 Å². The summed E-state index contributed by atoms with van der Waals surface area (Å²) in [6.07, 6.45) is 2.98. The van der Waals surface area contributed by atoms with Crippen LogP contribution in [0.25, 0.3) is 33.1 Å². The summed E-state index contributed by atoms with van der Waals surface area (Å²) in [5.41, 5.74) is 3.69. The molecule has 0 aliphatic carbocycles. The third-order valence-electron chi connectivity index (χ3n) is 3.97. The molecular weight excluding hydrogens is 308 g/mol. The molecule has 0 saturated heterocycles. The number of hydrogen-bond acceptors (Lipinski definition) is 3. The molecule has 0 radical (unpaired) electrons. The third-order valence-corrected chi connectivity index (χ3v) is 5.08. The molecule has 1 N–H and O–H groups in total. The number of nitrogens with zero attached hydrogens (tertiary/aromatic N) is 1. The lowest BCUT2D eigenvalue weighted by molar-refractivity contribution is 0.602. The average Bonchev–Trinajstić information content (AvgIpc) is 2.93. The smallest absolute Gasteiger partial charge is 0.175 e. The Morgan fingerprint density at radius 2 is 1.83 bits per heavy atom. The molecule has 0 saturated carbocycles. The Morgan fingerprint density at radius 3 is 2.65 bits per heavy atom. The number of H-pyrrole nitrogens is 1. The Labute approximate surface area is 133 Å². The summed E-state index contributed by atoms with van der Waals surface area (Å²) in [4.78, 5) is 7.99. The second kappa shape index (κ2) is 4.93. The topological polar surface area (TPSA) is 62.8 Å². The Bertz CT molecular complexity index is 1140. The van der Waals surface area contributed by atoms with Gasteiger partial charge in [0, 0.05) is 28.7 Å². The van der Waals surface area contributed by atoms with Gasteiger partial charge in [0.25, 0.3) is 0 Å². The van der Waals surface area contributed by atoms with Gasteiger partial charge in [-0.2, -0.15) is 0 Å². The number of nitrogens with one attached hydrogen (secondary N) is 1. The zero-order valence-corrected chi connectivity index (χ0v) is 13.3. The molecule has 23 heavy (non-hydrogen) atoms.